The highest BCUT2D eigenvalue weighted by molar-refractivity contribution is 7.12. The topological polar surface area (TPSA) is 75.6 Å². The fourth-order valence-electron chi connectivity index (χ4n) is 1.28. The van der Waals surface area contributed by atoms with Crippen LogP contribution in [-0.2, 0) is 20.9 Å². The summed E-state index contributed by atoms with van der Waals surface area (Å²) in [4.78, 5) is 23.6. The Hall–Kier alpha value is -1.66. The average Bonchev–Trinajstić information content (AvgIpc) is 2.82. The molecule has 1 aromatic rings. The number of carbonyl (C=O) groups excluding carboxylic acids is 1. The van der Waals surface area contributed by atoms with Crippen LogP contribution in [0.3, 0.4) is 0 Å². The zero-order valence-corrected chi connectivity index (χ0v) is 11.5. The number of thiophene rings is 1. The molecule has 0 aliphatic carbocycles. The van der Waals surface area contributed by atoms with E-state index in [1.54, 1.807) is 0 Å². The van der Waals surface area contributed by atoms with E-state index in [1.165, 1.54) is 17.4 Å². The summed E-state index contributed by atoms with van der Waals surface area (Å²) < 4.78 is 5.12. The lowest BCUT2D eigenvalue weighted by Gasteiger charge is -2.03. The molecular formula is C13H17NO4S. The van der Waals surface area contributed by atoms with E-state index in [1.807, 2.05) is 19.1 Å². The van der Waals surface area contributed by atoms with Gasteiger partial charge in [-0.3, -0.25) is 4.79 Å². The van der Waals surface area contributed by atoms with Gasteiger partial charge in [0.25, 0.3) is 0 Å². The van der Waals surface area contributed by atoms with Crippen molar-refractivity contribution >= 4 is 29.3 Å². The number of carboxylic acid groups (broad SMARTS) is 1. The lowest BCUT2D eigenvalue weighted by atomic mass is 10.4. The standard InChI is InChI=1S/C13H17NO4S/c1-2-7-18-9-12(15)14-8-11-4-3-10(19-11)5-6-13(16)17/h3-6H,2,7-9H2,1H3,(H,14,15)(H,16,17)/b6-5+. The van der Waals surface area contributed by atoms with Gasteiger partial charge in [0, 0.05) is 22.4 Å². The van der Waals surface area contributed by atoms with Gasteiger partial charge < -0.3 is 15.2 Å². The Kier molecular flexibility index (Phi) is 6.84. The molecule has 0 aliphatic heterocycles. The minimum Gasteiger partial charge on any atom is -0.478 e. The molecule has 5 nitrogen and oxygen atoms in total. The molecule has 1 rings (SSSR count). The smallest absolute Gasteiger partial charge is 0.328 e. The minimum absolute atomic E-state index is 0.0744. The number of ether oxygens (including phenoxy) is 1. The number of carbonyl (C=O) groups is 2. The molecule has 1 amide bonds. The van der Waals surface area contributed by atoms with Crippen molar-refractivity contribution in [2.45, 2.75) is 19.9 Å². The third-order valence-corrected chi connectivity index (χ3v) is 3.16. The van der Waals surface area contributed by atoms with Crippen LogP contribution in [0, 0.1) is 0 Å². The molecule has 104 valence electrons. The van der Waals surface area contributed by atoms with Gasteiger partial charge >= 0.3 is 5.97 Å². The summed E-state index contributed by atoms with van der Waals surface area (Å²) in [6, 6.07) is 3.68. The SMILES string of the molecule is CCCOCC(=O)NCc1ccc(/C=C/C(=O)O)s1. The number of carboxylic acids is 1. The zero-order valence-electron chi connectivity index (χ0n) is 10.7. The summed E-state index contributed by atoms with van der Waals surface area (Å²) in [5.74, 6) is -1.12. The molecule has 0 bridgehead atoms. The van der Waals surface area contributed by atoms with Gasteiger partial charge in [0.15, 0.2) is 0 Å². The fourth-order valence-corrected chi connectivity index (χ4v) is 2.13. The molecule has 0 unspecified atom stereocenters. The molecule has 0 saturated carbocycles. The summed E-state index contributed by atoms with van der Waals surface area (Å²) in [5, 5.41) is 11.2. The third-order valence-electron chi connectivity index (χ3n) is 2.11. The molecule has 0 radical (unpaired) electrons. The van der Waals surface area contributed by atoms with E-state index < -0.39 is 5.97 Å². The van der Waals surface area contributed by atoms with Crippen molar-refractivity contribution < 1.29 is 19.4 Å². The van der Waals surface area contributed by atoms with Crippen LogP contribution >= 0.6 is 11.3 Å². The second-order valence-corrected chi connectivity index (χ2v) is 5.00. The molecule has 6 heteroatoms. The second-order valence-electron chi connectivity index (χ2n) is 3.80. The number of nitrogens with one attached hydrogen (secondary N) is 1. The Bertz CT molecular complexity index is 453. The summed E-state index contributed by atoms with van der Waals surface area (Å²) in [5.41, 5.74) is 0. The van der Waals surface area contributed by atoms with Crippen LogP contribution in [0.5, 0.6) is 0 Å². The molecule has 0 fully saturated rings. The van der Waals surface area contributed by atoms with Crippen molar-refractivity contribution in [2.75, 3.05) is 13.2 Å². The maximum atomic E-state index is 11.4. The first kappa shape index (κ1) is 15.4. The normalized spacial score (nSPS) is 10.8. The van der Waals surface area contributed by atoms with Crippen molar-refractivity contribution in [2.24, 2.45) is 0 Å². The Morgan fingerprint density at radius 3 is 2.95 bits per heavy atom. The third kappa shape index (κ3) is 6.73. The summed E-state index contributed by atoms with van der Waals surface area (Å²) >= 11 is 1.44. The summed E-state index contributed by atoms with van der Waals surface area (Å²) in [7, 11) is 0. The van der Waals surface area contributed by atoms with Crippen molar-refractivity contribution in [3.05, 3.63) is 28.0 Å². The molecule has 0 spiro atoms. The van der Waals surface area contributed by atoms with Crippen molar-refractivity contribution in [3.63, 3.8) is 0 Å². The second kappa shape index (κ2) is 8.44. The zero-order chi connectivity index (χ0) is 14.1. The molecule has 0 aliphatic rings. The van der Waals surface area contributed by atoms with Crippen LogP contribution in [0.4, 0.5) is 0 Å². The molecule has 1 aromatic heterocycles. The Balaban J connectivity index is 2.33. The van der Waals surface area contributed by atoms with Gasteiger partial charge in [0.05, 0.1) is 6.54 Å². The van der Waals surface area contributed by atoms with Crippen LogP contribution in [0.15, 0.2) is 18.2 Å². The first-order valence-corrected chi connectivity index (χ1v) is 6.77. The summed E-state index contributed by atoms with van der Waals surface area (Å²) in [6.07, 6.45) is 3.51. The van der Waals surface area contributed by atoms with Crippen LogP contribution < -0.4 is 5.32 Å². The lowest BCUT2D eigenvalue weighted by Crippen LogP contribution is -2.26. The molecule has 0 atom stereocenters. The first-order chi connectivity index (χ1) is 9.11. The lowest BCUT2D eigenvalue weighted by molar-refractivity contribution is -0.131. The molecule has 0 aromatic carbocycles. The molecule has 2 N–H and O–H groups in total. The maximum Gasteiger partial charge on any atom is 0.328 e. The van der Waals surface area contributed by atoms with Crippen LogP contribution in [0.1, 0.15) is 23.1 Å². The highest BCUT2D eigenvalue weighted by atomic mass is 32.1. The van der Waals surface area contributed by atoms with Crippen LogP contribution in [0.2, 0.25) is 0 Å². The van der Waals surface area contributed by atoms with Gasteiger partial charge in [-0.15, -0.1) is 11.3 Å². The highest BCUT2D eigenvalue weighted by Crippen LogP contribution is 2.17. The predicted octanol–water partition coefficient (Wildman–Crippen LogP) is 1.89. The molecule has 1 heterocycles. The van der Waals surface area contributed by atoms with Gasteiger partial charge in [-0.2, -0.15) is 0 Å². The van der Waals surface area contributed by atoms with Gasteiger partial charge in [-0.25, -0.2) is 4.79 Å². The van der Waals surface area contributed by atoms with Crippen LogP contribution in [-0.4, -0.2) is 30.2 Å². The van der Waals surface area contributed by atoms with Crippen molar-refractivity contribution in [3.8, 4) is 0 Å². The van der Waals surface area contributed by atoms with Gasteiger partial charge in [0.1, 0.15) is 6.61 Å². The quantitative estimate of drug-likeness (QED) is 0.564. The predicted molar refractivity (Wildman–Crippen MR) is 73.9 cm³/mol. The Morgan fingerprint density at radius 2 is 2.26 bits per heavy atom. The van der Waals surface area contributed by atoms with Crippen LogP contribution in [0.25, 0.3) is 6.08 Å². The van der Waals surface area contributed by atoms with E-state index in [2.05, 4.69) is 5.32 Å². The van der Waals surface area contributed by atoms with Gasteiger partial charge in [0.2, 0.25) is 5.91 Å². The first-order valence-electron chi connectivity index (χ1n) is 5.96. The molecular weight excluding hydrogens is 266 g/mol. The van der Waals surface area contributed by atoms with E-state index >= 15 is 0 Å². The Morgan fingerprint density at radius 1 is 1.47 bits per heavy atom. The van der Waals surface area contributed by atoms with E-state index in [0.717, 1.165) is 22.3 Å². The van der Waals surface area contributed by atoms with E-state index in [4.69, 9.17) is 9.84 Å². The number of hydrogen-bond acceptors (Lipinski definition) is 4. The number of aliphatic carboxylic acids is 1. The van der Waals surface area contributed by atoms with Crippen molar-refractivity contribution in [1.29, 1.82) is 0 Å². The minimum atomic E-state index is -0.976. The Labute approximate surface area is 115 Å². The molecule has 19 heavy (non-hydrogen) atoms. The van der Waals surface area contributed by atoms with E-state index in [0.29, 0.717) is 13.2 Å². The molecule has 0 saturated heterocycles. The highest BCUT2D eigenvalue weighted by Gasteiger charge is 2.03. The number of rotatable bonds is 8. The fraction of sp³-hybridized carbons (Fsp3) is 0.385. The average molecular weight is 283 g/mol. The van der Waals surface area contributed by atoms with Gasteiger partial charge in [-0.05, 0) is 24.6 Å². The number of amides is 1. The monoisotopic (exact) mass is 283 g/mol. The maximum absolute atomic E-state index is 11.4. The van der Waals surface area contributed by atoms with Crippen molar-refractivity contribution in [1.82, 2.24) is 5.32 Å². The van der Waals surface area contributed by atoms with Gasteiger partial charge in [-0.1, -0.05) is 6.92 Å². The largest absolute Gasteiger partial charge is 0.478 e. The number of hydrogen-bond donors (Lipinski definition) is 2. The van der Waals surface area contributed by atoms with E-state index in [-0.39, 0.29) is 12.5 Å². The van der Waals surface area contributed by atoms with E-state index in [9.17, 15) is 9.59 Å². The summed E-state index contributed by atoms with van der Waals surface area (Å²) in [6.45, 7) is 3.07.